The fourth-order valence-electron chi connectivity index (χ4n) is 1.38. The summed E-state index contributed by atoms with van der Waals surface area (Å²) in [6, 6.07) is 2.90. The van der Waals surface area contributed by atoms with E-state index < -0.39 is 22.8 Å². The molecular weight excluding hydrogens is 286 g/mol. The summed E-state index contributed by atoms with van der Waals surface area (Å²) < 4.78 is 0. The zero-order valence-electron chi connectivity index (χ0n) is 10.3. The van der Waals surface area contributed by atoms with Crippen LogP contribution in [0.5, 0.6) is 0 Å². The van der Waals surface area contributed by atoms with Crippen LogP contribution in [0.2, 0.25) is 0 Å². The van der Waals surface area contributed by atoms with Gasteiger partial charge >= 0.3 is 5.97 Å². The molecule has 0 aliphatic rings. The van der Waals surface area contributed by atoms with Gasteiger partial charge in [0.25, 0.3) is 5.69 Å². The van der Waals surface area contributed by atoms with Gasteiger partial charge in [-0.25, -0.2) is 0 Å². The maximum Gasteiger partial charge on any atom is 0.321 e. The number of carbonyl (C=O) groups is 2. The average Bonchev–Trinajstić information content (AvgIpc) is 2.38. The molecule has 0 bridgehead atoms. The molecule has 8 nitrogen and oxygen atoms in total. The number of primary amides is 1. The summed E-state index contributed by atoms with van der Waals surface area (Å²) >= 11 is 1.16. The minimum absolute atomic E-state index is 0.0488. The fraction of sp³-hybridized carbons (Fsp3) is 0.273. The van der Waals surface area contributed by atoms with Crippen LogP contribution >= 0.6 is 11.8 Å². The molecule has 1 aromatic rings. The fourth-order valence-corrected chi connectivity index (χ4v) is 2.35. The van der Waals surface area contributed by atoms with Crippen LogP contribution in [-0.4, -0.2) is 33.7 Å². The van der Waals surface area contributed by atoms with Crippen LogP contribution in [0.25, 0.3) is 0 Å². The lowest BCUT2D eigenvalue weighted by molar-refractivity contribution is -0.385. The van der Waals surface area contributed by atoms with Gasteiger partial charge in [-0.05, 0) is 6.07 Å². The molecule has 20 heavy (non-hydrogen) atoms. The molecule has 0 aliphatic carbocycles. The van der Waals surface area contributed by atoms with Crippen LogP contribution in [0, 0.1) is 10.1 Å². The predicted octanol–water partition coefficient (Wildman–Crippen LogP) is 0.339. The largest absolute Gasteiger partial charge is 0.480 e. The highest BCUT2D eigenvalue weighted by atomic mass is 32.2. The first-order valence-corrected chi connectivity index (χ1v) is 6.61. The molecule has 0 fully saturated rings. The van der Waals surface area contributed by atoms with Gasteiger partial charge in [0.2, 0.25) is 5.91 Å². The third kappa shape index (κ3) is 4.21. The summed E-state index contributed by atoms with van der Waals surface area (Å²) in [7, 11) is 0. The smallest absolute Gasteiger partial charge is 0.321 e. The molecule has 0 spiro atoms. The van der Waals surface area contributed by atoms with Crippen LogP contribution in [0.4, 0.5) is 5.69 Å². The Morgan fingerprint density at radius 2 is 2.10 bits per heavy atom. The van der Waals surface area contributed by atoms with Gasteiger partial charge in [0.1, 0.15) is 6.04 Å². The first kappa shape index (κ1) is 15.9. The van der Waals surface area contributed by atoms with E-state index in [0.29, 0.717) is 5.56 Å². The number of carboxylic acids is 1. The average molecular weight is 299 g/mol. The van der Waals surface area contributed by atoms with Crippen molar-refractivity contribution in [2.75, 3.05) is 5.75 Å². The number of benzene rings is 1. The lowest BCUT2D eigenvalue weighted by Crippen LogP contribution is -2.32. The van der Waals surface area contributed by atoms with Gasteiger partial charge < -0.3 is 16.6 Å². The molecule has 0 saturated carbocycles. The normalized spacial score (nSPS) is 11.8. The second-order valence-electron chi connectivity index (χ2n) is 3.92. The highest BCUT2D eigenvalue weighted by molar-refractivity contribution is 7.98. The van der Waals surface area contributed by atoms with Crippen molar-refractivity contribution < 1.29 is 19.6 Å². The Bertz CT molecular complexity index is 549. The number of hydrogen-bond acceptors (Lipinski definition) is 6. The van der Waals surface area contributed by atoms with Crippen LogP contribution in [0.1, 0.15) is 15.9 Å². The monoisotopic (exact) mass is 299 g/mol. The molecule has 5 N–H and O–H groups in total. The van der Waals surface area contributed by atoms with E-state index in [1.807, 2.05) is 0 Å². The second kappa shape index (κ2) is 6.87. The Morgan fingerprint density at radius 3 is 2.60 bits per heavy atom. The molecule has 1 amide bonds. The van der Waals surface area contributed by atoms with Gasteiger partial charge in [0.15, 0.2) is 0 Å². The number of nitro benzene ring substituents is 1. The topological polar surface area (TPSA) is 150 Å². The van der Waals surface area contributed by atoms with Crippen LogP contribution < -0.4 is 11.5 Å². The number of carbonyl (C=O) groups excluding carboxylic acids is 1. The lowest BCUT2D eigenvalue weighted by Gasteiger charge is -2.07. The molecule has 1 aromatic carbocycles. The van der Waals surface area contributed by atoms with Gasteiger partial charge in [-0.3, -0.25) is 19.7 Å². The van der Waals surface area contributed by atoms with E-state index in [1.54, 1.807) is 0 Å². The van der Waals surface area contributed by atoms with Gasteiger partial charge in [0.05, 0.1) is 4.92 Å². The predicted molar refractivity (Wildman–Crippen MR) is 73.4 cm³/mol. The van der Waals surface area contributed by atoms with Crippen molar-refractivity contribution in [3.8, 4) is 0 Å². The molecule has 0 heterocycles. The molecule has 1 atom stereocenters. The van der Waals surface area contributed by atoms with Gasteiger partial charge in [-0.15, -0.1) is 0 Å². The summed E-state index contributed by atoms with van der Waals surface area (Å²) in [5.41, 5.74) is 10.6. The van der Waals surface area contributed by atoms with Crippen LogP contribution in [0.3, 0.4) is 0 Å². The maximum absolute atomic E-state index is 11.0. The Hall–Kier alpha value is -2.13. The van der Waals surface area contributed by atoms with Crippen LogP contribution in [0.15, 0.2) is 18.2 Å². The summed E-state index contributed by atoms with van der Waals surface area (Å²) in [5, 5.41) is 19.5. The van der Waals surface area contributed by atoms with E-state index in [9.17, 15) is 19.7 Å². The van der Waals surface area contributed by atoms with Crippen molar-refractivity contribution in [1.29, 1.82) is 0 Å². The first-order valence-electron chi connectivity index (χ1n) is 5.46. The van der Waals surface area contributed by atoms with Crippen LogP contribution in [-0.2, 0) is 10.5 Å². The third-order valence-corrected chi connectivity index (χ3v) is 3.55. The molecule has 0 unspecified atom stereocenters. The van der Waals surface area contributed by atoms with Gasteiger partial charge in [0, 0.05) is 28.7 Å². The Balaban J connectivity index is 2.82. The molecule has 9 heteroatoms. The van der Waals surface area contributed by atoms with Crippen molar-refractivity contribution in [3.05, 3.63) is 39.4 Å². The highest BCUT2D eigenvalue weighted by Crippen LogP contribution is 2.24. The summed E-state index contributed by atoms with van der Waals surface area (Å²) in [6.07, 6.45) is 0. The number of thioether (sulfide) groups is 1. The van der Waals surface area contributed by atoms with Crippen molar-refractivity contribution in [1.82, 2.24) is 0 Å². The second-order valence-corrected chi connectivity index (χ2v) is 4.95. The van der Waals surface area contributed by atoms with E-state index in [4.69, 9.17) is 16.6 Å². The van der Waals surface area contributed by atoms with E-state index >= 15 is 0 Å². The molecular formula is C11H13N3O5S. The number of nitro groups is 1. The molecule has 0 aromatic heterocycles. The SMILES string of the molecule is NC(=O)c1ccc(CSC[C@@H](N)C(=O)O)c([N+](=O)[O-])c1. The number of nitrogens with two attached hydrogens (primary N) is 2. The number of carboxylic acid groups (broad SMARTS) is 1. The highest BCUT2D eigenvalue weighted by Gasteiger charge is 2.17. The minimum atomic E-state index is -1.13. The van der Waals surface area contributed by atoms with Gasteiger partial charge in [-0.2, -0.15) is 11.8 Å². The Kier molecular flexibility index (Phi) is 5.47. The molecule has 108 valence electrons. The molecule has 0 aliphatic heterocycles. The standard InChI is InChI=1S/C11H13N3O5S/c12-8(11(16)17)5-20-4-7-2-1-6(10(13)15)3-9(7)14(18)19/h1-3,8H,4-5,12H2,(H2,13,15)(H,16,17)/t8-/m1/s1. The molecule has 0 radical (unpaired) electrons. The quantitative estimate of drug-likeness (QED) is 0.485. The summed E-state index contributed by atoms with van der Waals surface area (Å²) in [5.74, 6) is -1.53. The third-order valence-electron chi connectivity index (χ3n) is 2.44. The van der Waals surface area contributed by atoms with E-state index in [2.05, 4.69) is 0 Å². The Labute approximate surface area is 118 Å². The zero-order chi connectivity index (χ0) is 15.3. The van der Waals surface area contributed by atoms with Crippen molar-refractivity contribution >= 4 is 29.3 Å². The number of nitrogens with zero attached hydrogens (tertiary/aromatic N) is 1. The number of rotatable bonds is 7. The first-order chi connectivity index (χ1) is 9.32. The Morgan fingerprint density at radius 1 is 1.45 bits per heavy atom. The minimum Gasteiger partial charge on any atom is -0.480 e. The van der Waals surface area contributed by atoms with Crippen molar-refractivity contribution in [3.63, 3.8) is 0 Å². The van der Waals surface area contributed by atoms with Gasteiger partial charge in [-0.1, -0.05) is 6.07 Å². The maximum atomic E-state index is 11.0. The van der Waals surface area contributed by atoms with E-state index in [-0.39, 0.29) is 22.8 Å². The van der Waals surface area contributed by atoms with E-state index in [1.165, 1.54) is 12.1 Å². The van der Waals surface area contributed by atoms with E-state index in [0.717, 1.165) is 17.8 Å². The number of amides is 1. The van der Waals surface area contributed by atoms with Crippen molar-refractivity contribution in [2.45, 2.75) is 11.8 Å². The summed E-state index contributed by atoms with van der Waals surface area (Å²) in [6.45, 7) is 0. The number of hydrogen-bond donors (Lipinski definition) is 3. The zero-order valence-corrected chi connectivity index (χ0v) is 11.1. The van der Waals surface area contributed by atoms with Crippen molar-refractivity contribution in [2.24, 2.45) is 11.5 Å². The lowest BCUT2D eigenvalue weighted by atomic mass is 10.1. The molecule has 1 rings (SSSR count). The number of aliphatic carboxylic acids is 1. The molecule has 0 saturated heterocycles. The summed E-state index contributed by atoms with van der Waals surface area (Å²) in [4.78, 5) is 31.8.